The fourth-order valence-electron chi connectivity index (χ4n) is 1.52. The van der Waals surface area contributed by atoms with E-state index in [-0.39, 0.29) is 18.4 Å². The van der Waals surface area contributed by atoms with Crippen molar-refractivity contribution in [1.82, 2.24) is 10.0 Å². The molecule has 0 atom stereocenters. The number of imide groups is 1. The average Bonchev–Trinajstić information content (AvgIpc) is 2.83. The van der Waals surface area contributed by atoms with Gasteiger partial charge in [0.2, 0.25) is 11.8 Å². The van der Waals surface area contributed by atoms with Gasteiger partial charge < -0.3 is 15.1 Å². The molecule has 0 radical (unpaired) electrons. The van der Waals surface area contributed by atoms with Gasteiger partial charge in [-0.2, -0.15) is 0 Å². The second kappa shape index (κ2) is 4.84. The number of carbonyl (C=O) groups is 3. The summed E-state index contributed by atoms with van der Waals surface area (Å²) in [5, 5.41) is 20.5. The van der Waals surface area contributed by atoms with E-state index in [2.05, 4.69) is 4.84 Å². The first kappa shape index (κ1) is 12.7. The number of hydrogen-bond donors (Lipinski definition) is 3. The Morgan fingerprint density at radius 3 is 2.42 bits per heavy atom. The van der Waals surface area contributed by atoms with Crippen molar-refractivity contribution in [2.24, 2.45) is 0 Å². The van der Waals surface area contributed by atoms with E-state index in [1.54, 1.807) is 0 Å². The average molecular weight is 266 g/mol. The molecule has 0 saturated heterocycles. The highest BCUT2D eigenvalue weighted by atomic mass is 16.7. The fraction of sp³-hybridized carbons (Fsp3) is 0.182. The highest BCUT2D eigenvalue weighted by molar-refractivity contribution is 6.16. The predicted octanol–water partition coefficient (Wildman–Crippen LogP) is -0.783. The second-order valence-electron chi connectivity index (χ2n) is 3.80. The van der Waals surface area contributed by atoms with Crippen LogP contribution in [0.2, 0.25) is 0 Å². The minimum Gasteiger partial charge on any atom is -0.492 e. The third-order valence-corrected chi connectivity index (χ3v) is 2.42. The van der Waals surface area contributed by atoms with E-state index in [0.29, 0.717) is 4.73 Å². The van der Waals surface area contributed by atoms with Crippen LogP contribution in [0.5, 0.6) is 11.8 Å². The molecule has 2 amide bonds. The van der Waals surface area contributed by atoms with Crippen molar-refractivity contribution >= 4 is 17.8 Å². The second-order valence-corrected chi connectivity index (χ2v) is 3.80. The third kappa shape index (κ3) is 2.73. The van der Waals surface area contributed by atoms with Crippen LogP contribution in [0.3, 0.4) is 0 Å². The molecule has 19 heavy (non-hydrogen) atoms. The largest absolute Gasteiger partial charge is 0.492 e. The Morgan fingerprint density at radius 1 is 1.26 bits per heavy atom. The summed E-state index contributed by atoms with van der Waals surface area (Å²) in [7, 11) is 0. The lowest BCUT2D eigenvalue weighted by Gasteiger charge is -2.06. The van der Waals surface area contributed by atoms with Crippen LogP contribution in [0.1, 0.15) is 12.8 Å². The highest BCUT2D eigenvalue weighted by Crippen LogP contribution is 2.19. The van der Waals surface area contributed by atoms with Gasteiger partial charge >= 0.3 is 5.97 Å². The quantitative estimate of drug-likeness (QED) is 0.615. The van der Waals surface area contributed by atoms with E-state index in [1.807, 2.05) is 5.32 Å². The van der Waals surface area contributed by atoms with Crippen LogP contribution in [-0.2, 0) is 14.4 Å². The van der Waals surface area contributed by atoms with Crippen molar-refractivity contribution in [2.45, 2.75) is 12.8 Å². The topological polar surface area (TPSA) is 118 Å². The van der Waals surface area contributed by atoms with Gasteiger partial charge in [0.1, 0.15) is 0 Å². The summed E-state index contributed by atoms with van der Waals surface area (Å²) in [6.45, 7) is 0. The minimum atomic E-state index is -0.769. The summed E-state index contributed by atoms with van der Waals surface area (Å²) in [5.41, 5.74) is 0.183. The first-order valence-electron chi connectivity index (χ1n) is 5.34. The van der Waals surface area contributed by atoms with Gasteiger partial charge in [-0.15, -0.1) is 4.73 Å². The van der Waals surface area contributed by atoms with Crippen molar-refractivity contribution in [3.05, 3.63) is 23.8 Å². The molecule has 2 heterocycles. The smallest absolute Gasteiger partial charge is 0.333 e. The molecular formula is C11H10N2O6. The van der Waals surface area contributed by atoms with Crippen molar-refractivity contribution < 1.29 is 29.4 Å². The molecule has 100 valence electrons. The molecule has 0 saturated carbocycles. The molecule has 1 aliphatic rings. The summed E-state index contributed by atoms with van der Waals surface area (Å²) < 4.78 is 0.552. The summed E-state index contributed by atoms with van der Waals surface area (Å²) in [4.78, 5) is 38.2. The van der Waals surface area contributed by atoms with Crippen molar-refractivity contribution in [1.29, 1.82) is 0 Å². The fourth-order valence-corrected chi connectivity index (χ4v) is 1.52. The Kier molecular flexibility index (Phi) is 3.23. The molecular weight excluding hydrogens is 256 g/mol. The zero-order chi connectivity index (χ0) is 14.0. The van der Waals surface area contributed by atoms with Crippen LogP contribution < -0.4 is 10.2 Å². The molecule has 2 rings (SSSR count). The summed E-state index contributed by atoms with van der Waals surface area (Å²) >= 11 is 0. The molecule has 8 nitrogen and oxygen atoms in total. The molecule has 0 aliphatic carbocycles. The monoisotopic (exact) mass is 266 g/mol. The van der Waals surface area contributed by atoms with Gasteiger partial charge in [-0.1, -0.05) is 0 Å². The van der Waals surface area contributed by atoms with Gasteiger partial charge in [-0.25, -0.2) is 4.79 Å². The van der Waals surface area contributed by atoms with Crippen LogP contribution in [0.4, 0.5) is 0 Å². The number of aromatic nitrogens is 1. The van der Waals surface area contributed by atoms with Crippen LogP contribution in [-0.4, -0.2) is 32.7 Å². The number of rotatable bonds is 4. The first-order valence-corrected chi connectivity index (χ1v) is 5.34. The Bertz CT molecular complexity index is 567. The minimum absolute atomic E-state index is 0.0270. The lowest BCUT2D eigenvalue weighted by atomic mass is 10.1. The number of aromatic hydroxyl groups is 2. The van der Waals surface area contributed by atoms with Crippen LogP contribution in [0.15, 0.2) is 23.8 Å². The number of nitrogens with one attached hydrogen (secondary N) is 1. The summed E-state index contributed by atoms with van der Waals surface area (Å²) in [6, 6.07) is 2.29. The van der Waals surface area contributed by atoms with E-state index in [1.165, 1.54) is 0 Å². The SMILES string of the molecule is O=C1C=C(CCC(=O)On2c(O)ccc2O)C(=O)N1. The number of hydrogen-bond acceptors (Lipinski definition) is 6. The molecule has 1 aliphatic heterocycles. The van der Waals surface area contributed by atoms with Gasteiger partial charge in [-0.3, -0.25) is 14.9 Å². The van der Waals surface area contributed by atoms with Gasteiger partial charge in [0.25, 0.3) is 11.8 Å². The summed E-state index contributed by atoms with van der Waals surface area (Å²) in [5.74, 6) is -2.69. The molecule has 1 aromatic rings. The van der Waals surface area contributed by atoms with Gasteiger partial charge in [0.15, 0.2) is 0 Å². The van der Waals surface area contributed by atoms with Gasteiger partial charge in [0.05, 0.1) is 6.42 Å². The molecule has 0 unspecified atom stereocenters. The van der Waals surface area contributed by atoms with Crippen LogP contribution in [0, 0.1) is 0 Å². The van der Waals surface area contributed by atoms with Crippen molar-refractivity contribution in [3.8, 4) is 11.8 Å². The molecule has 0 fully saturated rings. The zero-order valence-corrected chi connectivity index (χ0v) is 9.62. The first-order chi connectivity index (χ1) is 8.97. The molecule has 3 N–H and O–H groups in total. The van der Waals surface area contributed by atoms with Gasteiger partial charge in [0, 0.05) is 23.8 Å². The Labute approximate surface area is 106 Å². The maximum Gasteiger partial charge on any atom is 0.333 e. The normalized spacial score (nSPS) is 14.2. The number of nitrogens with zero attached hydrogens (tertiary/aromatic N) is 1. The lowest BCUT2D eigenvalue weighted by Crippen LogP contribution is -2.23. The van der Waals surface area contributed by atoms with Crippen LogP contribution >= 0.6 is 0 Å². The standard InChI is InChI=1S/C11H10N2O6/c14-7-5-6(11(18)12-7)1-4-10(17)19-13-8(15)2-3-9(13)16/h2-3,5,15-16H,1,4H2,(H,12,14,18). The Hall–Kier alpha value is -2.77. The predicted molar refractivity (Wildman–Crippen MR) is 59.8 cm³/mol. The Balaban J connectivity index is 1.91. The summed E-state index contributed by atoms with van der Waals surface area (Å²) in [6.07, 6.45) is 0.961. The molecule has 8 heteroatoms. The third-order valence-electron chi connectivity index (χ3n) is 2.42. The maximum absolute atomic E-state index is 11.5. The van der Waals surface area contributed by atoms with Crippen molar-refractivity contribution in [2.75, 3.05) is 0 Å². The zero-order valence-electron chi connectivity index (χ0n) is 9.62. The van der Waals surface area contributed by atoms with E-state index in [0.717, 1.165) is 18.2 Å². The van der Waals surface area contributed by atoms with Crippen LogP contribution in [0.25, 0.3) is 0 Å². The molecule has 1 aromatic heterocycles. The number of carbonyl (C=O) groups excluding carboxylic acids is 3. The highest BCUT2D eigenvalue weighted by Gasteiger charge is 2.22. The number of amides is 2. The molecule has 0 bridgehead atoms. The van der Waals surface area contributed by atoms with Crippen molar-refractivity contribution in [3.63, 3.8) is 0 Å². The van der Waals surface area contributed by atoms with E-state index in [9.17, 15) is 24.6 Å². The molecule has 0 aromatic carbocycles. The van der Waals surface area contributed by atoms with E-state index < -0.39 is 29.5 Å². The van der Waals surface area contributed by atoms with E-state index in [4.69, 9.17) is 0 Å². The molecule has 0 spiro atoms. The van der Waals surface area contributed by atoms with E-state index >= 15 is 0 Å². The van der Waals surface area contributed by atoms with Gasteiger partial charge in [-0.05, 0) is 6.42 Å². The maximum atomic E-state index is 11.5. The Morgan fingerprint density at radius 2 is 1.89 bits per heavy atom. The lowest BCUT2D eigenvalue weighted by molar-refractivity contribution is -0.145.